The minimum atomic E-state index is -1.13. The largest absolute Gasteiger partial charge is 0.476 e. The van der Waals surface area contributed by atoms with Gasteiger partial charge in [-0.25, -0.2) is 9.19 Å². The van der Waals surface area contributed by atoms with Gasteiger partial charge in [0.25, 0.3) is 5.56 Å². The maximum absolute atomic E-state index is 12.0. The third-order valence-electron chi connectivity index (χ3n) is 3.07. The standard InChI is InChI=1S/C11H10N4O3S2/c1-15-8(11(17)18)6-5-4(9(16)12-6)3-20-14-10(19-2)7(5)13-15/h3H2,1-2H3,(H,12,16)(H,17,18). The van der Waals surface area contributed by atoms with E-state index in [1.807, 2.05) is 6.26 Å². The quantitative estimate of drug-likeness (QED) is 0.767. The van der Waals surface area contributed by atoms with Gasteiger partial charge in [0.2, 0.25) is 0 Å². The predicted molar refractivity (Wildman–Crippen MR) is 78.8 cm³/mol. The number of thioether (sulfide) groups is 1. The lowest BCUT2D eigenvalue weighted by Crippen LogP contribution is -2.18. The summed E-state index contributed by atoms with van der Waals surface area (Å²) in [6.07, 6.45) is 1.87. The molecule has 0 saturated heterocycles. The molecule has 0 spiro atoms. The normalized spacial score (nSPS) is 14.2. The number of carboxylic acids is 1. The third kappa shape index (κ3) is 1.77. The molecule has 0 aliphatic carbocycles. The highest BCUT2D eigenvalue weighted by Crippen LogP contribution is 2.35. The first-order valence-electron chi connectivity index (χ1n) is 5.64. The first-order valence-corrected chi connectivity index (χ1v) is 7.80. The molecule has 3 heterocycles. The summed E-state index contributed by atoms with van der Waals surface area (Å²) < 4.78 is 5.60. The van der Waals surface area contributed by atoms with Gasteiger partial charge in [0.05, 0.1) is 5.69 Å². The third-order valence-corrected chi connectivity index (χ3v) is 4.58. The van der Waals surface area contributed by atoms with Gasteiger partial charge in [-0.15, -0.1) is 11.8 Å². The van der Waals surface area contributed by atoms with Crippen molar-refractivity contribution in [1.29, 1.82) is 0 Å². The van der Waals surface area contributed by atoms with Gasteiger partial charge in [-0.2, -0.15) is 5.10 Å². The second-order valence-electron chi connectivity index (χ2n) is 4.18. The molecule has 0 fully saturated rings. The van der Waals surface area contributed by atoms with E-state index in [4.69, 9.17) is 0 Å². The van der Waals surface area contributed by atoms with E-state index in [2.05, 4.69) is 14.5 Å². The highest BCUT2D eigenvalue weighted by molar-refractivity contribution is 8.14. The first-order chi connectivity index (χ1) is 9.54. The lowest BCUT2D eigenvalue weighted by Gasteiger charge is -2.13. The number of aromatic carboxylic acids is 1. The van der Waals surface area contributed by atoms with Crippen LogP contribution in [0.1, 0.15) is 21.7 Å². The van der Waals surface area contributed by atoms with Crippen LogP contribution in [0.15, 0.2) is 9.19 Å². The fraction of sp³-hybridized carbons (Fsp3) is 0.273. The zero-order valence-electron chi connectivity index (χ0n) is 10.6. The Balaban J connectivity index is 2.47. The van der Waals surface area contributed by atoms with Crippen molar-refractivity contribution in [2.24, 2.45) is 11.4 Å². The van der Waals surface area contributed by atoms with Crippen LogP contribution in [-0.4, -0.2) is 37.1 Å². The van der Waals surface area contributed by atoms with Crippen molar-refractivity contribution < 1.29 is 9.90 Å². The summed E-state index contributed by atoms with van der Waals surface area (Å²) in [7, 11) is 1.54. The Morgan fingerprint density at radius 2 is 2.30 bits per heavy atom. The van der Waals surface area contributed by atoms with Crippen LogP contribution in [0.4, 0.5) is 0 Å². The van der Waals surface area contributed by atoms with Crippen LogP contribution in [0, 0.1) is 0 Å². The number of aryl methyl sites for hydroxylation is 1. The van der Waals surface area contributed by atoms with Crippen molar-refractivity contribution in [1.82, 2.24) is 14.8 Å². The van der Waals surface area contributed by atoms with Gasteiger partial charge in [-0.3, -0.25) is 9.48 Å². The molecule has 0 bridgehead atoms. The van der Waals surface area contributed by atoms with E-state index in [1.54, 1.807) is 7.05 Å². The molecule has 0 radical (unpaired) electrons. The van der Waals surface area contributed by atoms with Crippen LogP contribution in [0.2, 0.25) is 0 Å². The summed E-state index contributed by atoms with van der Waals surface area (Å²) in [5, 5.41) is 14.3. The molecular formula is C11H10N4O3S2. The van der Waals surface area contributed by atoms with Gasteiger partial charge < -0.3 is 10.1 Å². The maximum atomic E-state index is 12.0. The number of carbonyl (C=O) groups is 1. The van der Waals surface area contributed by atoms with Crippen molar-refractivity contribution in [2.75, 3.05) is 6.26 Å². The fourth-order valence-electron chi connectivity index (χ4n) is 2.23. The summed E-state index contributed by atoms with van der Waals surface area (Å²) in [6, 6.07) is 0. The van der Waals surface area contributed by atoms with Gasteiger partial charge in [-0.05, 0) is 18.2 Å². The van der Waals surface area contributed by atoms with E-state index >= 15 is 0 Å². The van der Waals surface area contributed by atoms with Crippen LogP contribution in [-0.2, 0) is 12.8 Å². The van der Waals surface area contributed by atoms with Gasteiger partial charge in [0, 0.05) is 23.9 Å². The maximum Gasteiger partial charge on any atom is 0.356 e. The zero-order chi connectivity index (χ0) is 14.4. The Morgan fingerprint density at radius 1 is 1.55 bits per heavy atom. The van der Waals surface area contributed by atoms with Gasteiger partial charge >= 0.3 is 5.97 Å². The molecule has 3 aliphatic heterocycles. The van der Waals surface area contributed by atoms with Crippen LogP contribution in [0.5, 0.6) is 0 Å². The van der Waals surface area contributed by atoms with Crippen LogP contribution < -0.4 is 5.56 Å². The van der Waals surface area contributed by atoms with Crippen molar-refractivity contribution in [3.05, 3.63) is 27.3 Å². The Kier molecular flexibility index (Phi) is 3.09. The van der Waals surface area contributed by atoms with Crippen LogP contribution in [0.3, 0.4) is 0 Å². The van der Waals surface area contributed by atoms with Gasteiger partial charge in [-0.1, -0.05) is 0 Å². The molecule has 7 nitrogen and oxygen atoms in total. The number of hydrogen-bond donors (Lipinski definition) is 2. The van der Waals surface area contributed by atoms with E-state index in [0.717, 1.165) is 0 Å². The molecule has 3 aliphatic rings. The topological polar surface area (TPSA) is 100 Å². The highest BCUT2D eigenvalue weighted by atomic mass is 32.2. The molecule has 0 atom stereocenters. The molecule has 2 N–H and O–H groups in total. The molecule has 104 valence electrons. The van der Waals surface area contributed by atoms with E-state index in [-0.39, 0.29) is 11.3 Å². The van der Waals surface area contributed by atoms with Gasteiger partial charge in [0.15, 0.2) is 5.69 Å². The lowest BCUT2D eigenvalue weighted by atomic mass is 10.1. The molecule has 0 aromatic rings. The van der Waals surface area contributed by atoms with Crippen molar-refractivity contribution >= 4 is 34.7 Å². The van der Waals surface area contributed by atoms with Crippen LogP contribution in [0.25, 0.3) is 11.3 Å². The summed E-state index contributed by atoms with van der Waals surface area (Å²) >= 11 is 2.69. The van der Waals surface area contributed by atoms with E-state index in [0.29, 0.717) is 33.3 Å². The molecule has 20 heavy (non-hydrogen) atoms. The lowest BCUT2D eigenvalue weighted by molar-refractivity contribution is 0.0684. The van der Waals surface area contributed by atoms with Crippen LogP contribution >= 0.6 is 23.7 Å². The molecular weight excluding hydrogens is 300 g/mol. The van der Waals surface area contributed by atoms with E-state index in [9.17, 15) is 14.7 Å². The van der Waals surface area contributed by atoms with Crippen molar-refractivity contribution in [2.45, 2.75) is 5.75 Å². The number of hydrogen-bond acceptors (Lipinski definition) is 6. The number of aromatic amines is 1. The number of nitrogens with zero attached hydrogens (tertiary/aromatic N) is 3. The Bertz CT molecular complexity index is 777. The summed E-state index contributed by atoms with van der Waals surface area (Å²) in [5.74, 6) is -0.719. The first kappa shape index (κ1) is 13.3. The Morgan fingerprint density at radius 3 is 2.95 bits per heavy atom. The Labute approximate surface area is 122 Å². The number of carboxylic acid groups (broad SMARTS) is 1. The molecule has 9 heteroatoms. The molecule has 0 saturated carbocycles. The summed E-state index contributed by atoms with van der Waals surface area (Å²) in [6.45, 7) is 0. The zero-order valence-corrected chi connectivity index (χ0v) is 12.3. The SMILES string of the molecule is CSC1=NSCc2c3c1nn(C)c(C(=O)O)c-3[nH]c2=O. The Hall–Kier alpha value is -1.74. The van der Waals surface area contributed by atoms with Crippen molar-refractivity contribution in [3.8, 4) is 11.3 Å². The minimum absolute atomic E-state index is 0.0283. The molecule has 0 aromatic carbocycles. The number of aromatic nitrogens is 3. The average Bonchev–Trinajstić information content (AvgIpc) is 2.59. The molecule has 0 unspecified atom stereocenters. The second kappa shape index (κ2) is 4.67. The monoisotopic (exact) mass is 310 g/mol. The predicted octanol–water partition coefficient (Wildman–Crippen LogP) is 1.18. The number of rotatable bonds is 1. The highest BCUT2D eigenvalue weighted by Gasteiger charge is 2.31. The van der Waals surface area contributed by atoms with E-state index in [1.165, 1.54) is 28.4 Å². The molecule has 0 aromatic heterocycles. The number of H-pyrrole nitrogens is 1. The smallest absolute Gasteiger partial charge is 0.356 e. The van der Waals surface area contributed by atoms with Gasteiger partial charge in [0.1, 0.15) is 10.7 Å². The minimum Gasteiger partial charge on any atom is -0.476 e. The summed E-state index contributed by atoms with van der Waals surface area (Å²) in [4.78, 5) is 26.1. The number of nitrogens with one attached hydrogen (secondary N) is 1. The molecule has 3 rings (SSSR count). The second-order valence-corrected chi connectivity index (χ2v) is 5.71. The summed E-state index contributed by atoms with van der Waals surface area (Å²) in [5.41, 5.74) is 1.67. The fourth-order valence-corrected chi connectivity index (χ4v) is 3.70. The molecule has 0 amide bonds. The van der Waals surface area contributed by atoms with Crippen molar-refractivity contribution in [3.63, 3.8) is 0 Å². The average molecular weight is 310 g/mol. The van der Waals surface area contributed by atoms with E-state index < -0.39 is 5.97 Å².